The zero-order valence-electron chi connectivity index (χ0n) is 6.65. The Kier molecular flexibility index (Phi) is 1.89. The van der Waals surface area contributed by atoms with Crippen LogP contribution in [0.3, 0.4) is 0 Å². The Morgan fingerprint density at radius 2 is 2.46 bits per heavy atom. The molecular weight excluding hydrogens is 192 g/mol. The van der Waals surface area contributed by atoms with E-state index in [9.17, 15) is 4.79 Å². The minimum atomic E-state index is -0.640. The van der Waals surface area contributed by atoms with E-state index < -0.39 is 5.91 Å². The van der Waals surface area contributed by atoms with E-state index in [4.69, 9.17) is 17.4 Å². The fraction of sp³-hybridized carbons (Fsp3) is 0.500. The maximum absolute atomic E-state index is 11.1. The number of aromatic amines is 1. The van der Waals surface area contributed by atoms with Crippen LogP contribution in [-0.2, 0) is 0 Å². The average molecular weight is 200 g/mol. The summed E-state index contributed by atoms with van der Waals surface area (Å²) < 4.78 is 2.04. The van der Waals surface area contributed by atoms with Gasteiger partial charge in [-0.3, -0.25) is 19.7 Å². The molecule has 2 rings (SSSR count). The molecule has 0 aromatic carbocycles. The van der Waals surface area contributed by atoms with Crippen molar-refractivity contribution >= 4 is 18.1 Å². The Balaban J connectivity index is 2.45. The van der Waals surface area contributed by atoms with E-state index in [1.54, 1.807) is 4.57 Å². The lowest BCUT2D eigenvalue weighted by Crippen LogP contribution is -2.23. The molecule has 7 heteroatoms. The first-order valence-electron chi connectivity index (χ1n) is 3.85. The molecule has 0 aliphatic heterocycles. The van der Waals surface area contributed by atoms with Crippen molar-refractivity contribution in [3.05, 3.63) is 10.6 Å². The van der Waals surface area contributed by atoms with E-state index in [0.717, 1.165) is 12.8 Å². The van der Waals surface area contributed by atoms with Crippen molar-refractivity contribution < 1.29 is 10.0 Å². The van der Waals surface area contributed by atoms with Crippen LogP contribution in [0.4, 0.5) is 0 Å². The van der Waals surface area contributed by atoms with Gasteiger partial charge in [-0.2, -0.15) is 0 Å². The molecule has 0 radical (unpaired) electrons. The summed E-state index contributed by atoms with van der Waals surface area (Å²) in [6.45, 7) is 0. The Hall–Kier alpha value is -1.21. The van der Waals surface area contributed by atoms with Crippen molar-refractivity contribution in [2.24, 2.45) is 0 Å². The second-order valence-corrected chi connectivity index (χ2v) is 3.28. The van der Waals surface area contributed by atoms with Gasteiger partial charge in [0, 0.05) is 6.04 Å². The summed E-state index contributed by atoms with van der Waals surface area (Å²) >= 11 is 4.94. The third kappa shape index (κ3) is 1.36. The highest BCUT2D eigenvalue weighted by Crippen LogP contribution is 2.35. The number of amides is 1. The van der Waals surface area contributed by atoms with Crippen molar-refractivity contribution in [1.82, 2.24) is 20.2 Å². The van der Waals surface area contributed by atoms with Crippen LogP contribution in [0.2, 0.25) is 0 Å². The summed E-state index contributed by atoms with van der Waals surface area (Å²) in [4.78, 5) is 11.1. The third-order valence-corrected chi connectivity index (χ3v) is 2.21. The highest BCUT2D eigenvalue weighted by molar-refractivity contribution is 7.71. The fourth-order valence-corrected chi connectivity index (χ4v) is 1.47. The first-order chi connectivity index (χ1) is 6.24. The molecule has 0 atom stereocenters. The average Bonchev–Trinajstić information content (AvgIpc) is 2.89. The summed E-state index contributed by atoms with van der Waals surface area (Å²) in [5.41, 5.74) is 1.53. The fourth-order valence-electron chi connectivity index (χ4n) is 1.19. The van der Waals surface area contributed by atoms with Gasteiger partial charge in [0.15, 0.2) is 4.77 Å². The van der Waals surface area contributed by atoms with Gasteiger partial charge in [0.2, 0.25) is 5.82 Å². The SMILES string of the molecule is O=C(NO)c1n[nH]c(=S)n1C1CC1. The van der Waals surface area contributed by atoms with E-state index in [1.165, 1.54) is 5.48 Å². The van der Waals surface area contributed by atoms with E-state index >= 15 is 0 Å². The van der Waals surface area contributed by atoms with E-state index in [-0.39, 0.29) is 11.9 Å². The summed E-state index contributed by atoms with van der Waals surface area (Å²) in [7, 11) is 0. The summed E-state index contributed by atoms with van der Waals surface area (Å²) in [6, 6.07) is 0.263. The van der Waals surface area contributed by atoms with Gasteiger partial charge in [0.25, 0.3) is 0 Å². The van der Waals surface area contributed by atoms with Crippen LogP contribution in [0.15, 0.2) is 0 Å². The van der Waals surface area contributed by atoms with Crippen molar-refractivity contribution in [2.45, 2.75) is 18.9 Å². The Bertz CT molecular complexity index is 392. The van der Waals surface area contributed by atoms with Crippen LogP contribution in [-0.4, -0.2) is 25.9 Å². The Morgan fingerprint density at radius 1 is 1.77 bits per heavy atom. The third-order valence-electron chi connectivity index (χ3n) is 1.92. The molecule has 3 N–H and O–H groups in total. The maximum atomic E-state index is 11.1. The van der Waals surface area contributed by atoms with Gasteiger partial charge in [-0.15, -0.1) is 5.10 Å². The Morgan fingerprint density at radius 3 is 3.00 bits per heavy atom. The van der Waals surface area contributed by atoms with Gasteiger partial charge in [-0.05, 0) is 25.1 Å². The van der Waals surface area contributed by atoms with Crippen molar-refractivity contribution in [2.75, 3.05) is 0 Å². The summed E-state index contributed by atoms with van der Waals surface area (Å²) in [5.74, 6) is -0.505. The normalized spacial score (nSPS) is 15.8. The number of nitrogens with zero attached hydrogens (tertiary/aromatic N) is 2. The summed E-state index contributed by atoms with van der Waals surface area (Å²) in [6.07, 6.45) is 2.00. The molecule has 0 saturated heterocycles. The molecule has 6 nitrogen and oxygen atoms in total. The lowest BCUT2D eigenvalue weighted by Gasteiger charge is -2.01. The molecule has 1 aliphatic carbocycles. The van der Waals surface area contributed by atoms with Gasteiger partial charge in [-0.1, -0.05) is 0 Å². The molecular formula is C6H8N4O2S. The monoisotopic (exact) mass is 200 g/mol. The molecule has 0 spiro atoms. The van der Waals surface area contributed by atoms with Gasteiger partial charge < -0.3 is 0 Å². The lowest BCUT2D eigenvalue weighted by atomic mass is 10.5. The number of rotatable bonds is 2. The minimum Gasteiger partial charge on any atom is -0.293 e. The van der Waals surface area contributed by atoms with Crippen molar-refractivity contribution in [3.63, 3.8) is 0 Å². The molecule has 1 aromatic rings. The molecule has 0 bridgehead atoms. The number of H-pyrrole nitrogens is 1. The molecule has 0 unspecified atom stereocenters. The topological polar surface area (TPSA) is 82.9 Å². The number of hydrogen-bond acceptors (Lipinski definition) is 4. The quantitative estimate of drug-likeness (QED) is 0.366. The lowest BCUT2D eigenvalue weighted by molar-refractivity contribution is 0.0689. The molecule has 1 fully saturated rings. The van der Waals surface area contributed by atoms with Gasteiger partial charge in [-0.25, -0.2) is 5.48 Å². The van der Waals surface area contributed by atoms with Gasteiger partial charge in [0.05, 0.1) is 0 Å². The van der Waals surface area contributed by atoms with Crippen LogP contribution in [0.1, 0.15) is 29.5 Å². The van der Waals surface area contributed by atoms with Crippen LogP contribution >= 0.6 is 12.2 Å². The molecule has 13 heavy (non-hydrogen) atoms. The Labute approximate surface area is 78.5 Å². The smallest absolute Gasteiger partial charge is 0.293 e. The molecule has 1 aliphatic rings. The van der Waals surface area contributed by atoms with Crippen LogP contribution in [0.5, 0.6) is 0 Å². The molecule has 1 heterocycles. The number of aromatic nitrogens is 3. The number of hydrogen-bond donors (Lipinski definition) is 3. The highest BCUT2D eigenvalue weighted by Gasteiger charge is 2.29. The first-order valence-corrected chi connectivity index (χ1v) is 4.26. The maximum Gasteiger partial charge on any atom is 0.312 e. The molecule has 1 aromatic heterocycles. The number of hydroxylamine groups is 1. The largest absolute Gasteiger partial charge is 0.312 e. The van der Waals surface area contributed by atoms with Gasteiger partial charge in [0.1, 0.15) is 0 Å². The second kappa shape index (κ2) is 2.93. The highest BCUT2D eigenvalue weighted by atomic mass is 32.1. The zero-order chi connectivity index (χ0) is 9.42. The van der Waals surface area contributed by atoms with E-state index in [1.807, 2.05) is 0 Å². The van der Waals surface area contributed by atoms with E-state index in [2.05, 4.69) is 10.2 Å². The van der Waals surface area contributed by atoms with Crippen molar-refractivity contribution in [3.8, 4) is 0 Å². The van der Waals surface area contributed by atoms with E-state index in [0.29, 0.717) is 4.77 Å². The van der Waals surface area contributed by atoms with Crippen molar-refractivity contribution in [1.29, 1.82) is 0 Å². The van der Waals surface area contributed by atoms with Crippen LogP contribution in [0, 0.1) is 4.77 Å². The van der Waals surface area contributed by atoms with Gasteiger partial charge >= 0.3 is 5.91 Å². The minimum absolute atomic E-state index is 0.134. The number of carbonyl (C=O) groups is 1. The van der Waals surface area contributed by atoms with Crippen LogP contribution in [0.25, 0.3) is 0 Å². The second-order valence-electron chi connectivity index (χ2n) is 2.89. The molecule has 1 amide bonds. The first kappa shape index (κ1) is 8.39. The van der Waals surface area contributed by atoms with Crippen LogP contribution < -0.4 is 5.48 Å². The molecule has 70 valence electrons. The predicted octanol–water partition coefficient (Wildman–Crippen LogP) is 0.395. The zero-order valence-corrected chi connectivity index (χ0v) is 7.47. The standard InChI is InChI=1S/C6H8N4O2S/c11-5(9-12)4-7-8-6(13)10(4)3-1-2-3/h3,12H,1-2H2,(H,8,13)(H,9,11). The number of carbonyl (C=O) groups excluding carboxylic acids is 1. The molecule has 1 saturated carbocycles. The number of nitrogens with one attached hydrogen (secondary N) is 2. The predicted molar refractivity (Wildman–Crippen MR) is 44.9 cm³/mol. The summed E-state index contributed by atoms with van der Waals surface area (Å²) in [5, 5.41) is 14.7.